The molecule has 1 atom stereocenters. The molecule has 6 heteroatoms. The highest BCUT2D eigenvalue weighted by atomic mass is 35.5. The maximum Gasteiger partial charge on any atom is 0.223 e. The number of aliphatic hydroxyl groups is 1. The number of hydrogen-bond donors (Lipinski definition) is 1. The number of nitrogens with zero attached hydrogens (tertiary/aromatic N) is 2. The first-order chi connectivity index (χ1) is 9.99. The second-order valence-corrected chi connectivity index (χ2v) is 5.60. The summed E-state index contributed by atoms with van der Waals surface area (Å²) in [6.45, 7) is 1.75. The second-order valence-electron chi connectivity index (χ2n) is 4.83. The number of benzene rings is 1. The van der Waals surface area contributed by atoms with E-state index in [0.29, 0.717) is 10.7 Å². The van der Waals surface area contributed by atoms with Crippen molar-refractivity contribution in [3.05, 3.63) is 46.3 Å². The predicted octanol–water partition coefficient (Wildman–Crippen LogP) is 3.65. The van der Waals surface area contributed by atoms with Crippen LogP contribution in [0.2, 0.25) is 10.3 Å². The molecule has 2 aromatic rings. The molecule has 0 aliphatic heterocycles. The smallest absolute Gasteiger partial charge is 0.223 e. The van der Waals surface area contributed by atoms with Crippen LogP contribution in [0.5, 0.6) is 0 Å². The second kappa shape index (κ2) is 6.98. The highest BCUT2D eigenvalue weighted by Gasteiger charge is 2.15. The van der Waals surface area contributed by atoms with Crippen molar-refractivity contribution in [3.8, 4) is 11.3 Å². The van der Waals surface area contributed by atoms with Crippen LogP contribution >= 0.6 is 23.2 Å². The van der Waals surface area contributed by atoms with Crippen LogP contribution in [0.4, 0.5) is 0 Å². The third kappa shape index (κ3) is 4.24. The van der Waals surface area contributed by atoms with Gasteiger partial charge in [0, 0.05) is 23.6 Å². The van der Waals surface area contributed by atoms with Gasteiger partial charge in [-0.25, -0.2) is 9.97 Å². The summed E-state index contributed by atoms with van der Waals surface area (Å²) >= 11 is 11.7. The molecule has 0 aliphatic carbocycles. The van der Waals surface area contributed by atoms with E-state index in [2.05, 4.69) is 9.97 Å². The Morgan fingerprint density at radius 3 is 2.52 bits per heavy atom. The van der Waals surface area contributed by atoms with Crippen LogP contribution < -0.4 is 0 Å². The SMILES string of the molecule is C[C@@H](CO)CC(=O)c1cc(-c2ccc(Cl)cc2)nc(Cl)n1. The van der Waals surface area contributed by atoms with Crippen LogP contribution in [0.15, 0.2) is 30.3 Å². The van der Waals surface area contributed by atoms with Gasteiger partial charge in [0.15, 0.2) is 5.78 Å². The maximum atomic E-state index is 12.1. The maximum absolute atomic E-state index is 12.1. The lowest BCUT2D eigenvalue weighted by Gasteiger charge is -2.08. The van der Waals surface area contributed by atoms with Crippen LogP contribution in [0.1, 0.15) is 23.8 Å². The first kappa shape index (κ1) is 15.9. The van der Waals surface area contributed by atoms with Gasteiger partial charge in [-0.2, -0.15) is 0 Å². The van der Waals surface area contributed by atoms with Crippen LogP contribution in [0.25, 0.3) is 11.3 Å². The zero-order valence-electron chi connectivity index (χ0n) is 11.4. The Bertz CT molecular complexity index is 645. The van der Waals surface area contributed by atoms with Gasteiger partial charge in [-0.1, -0.05) is 30.7 Å². The molecule has 110 valence electrons. The number of rotatable bonds is 5. The fraction of sp³-hybridized carbons (Fsp3) is 0.267. The van der Waals surface area contributed by atoms with Crippen LogP contribution in [-0.4, -0.2) is 27.5 Å². The largest absolute Gasteiger partial charge is 0.396 e. The van der Waals surface area contributed by atoms with Gasteiger partial charge in [0.05, 0.1) is 5.69 Å². The molecule has 21 heavy (non-hydrogen) atoms. The van der Waals surface area contributed by atoms with Crippen molar-refractivity contribution in [2.45, 2.75) is 13.3 Å². The normalized spacial score (nSPS) is 12.2. The van der Waals surface area contributed by atoms with Crippen molar-refractivity contribution in [1.29, 1.82) is 0 Å². The first-order valence-electron chi connectivity index (χ1n) is 6.44. The Labute approximate surface area is 132 Å². The molecule has 1 N–H and O–H groups in total. The molecule has 0 aliphatic rings. The summed E-state index contributed by atoms with van der Waals surface area (Å²) in [4.78, 5) is 20.2. The molecular weight excluding hydrogens is 311 g/mol. The fourth-order valence-electron chi connectivity index (χ4n) is 1.81. The summed E-state index contributed by atoms with van der Waals surface area (Å²) in [6.07, 6.45) is 0.212. The van der Waals surface area contributed by atoms with Crippen molar-refractivity contribution >= 4 is 29.0 Å². The molecular formula is C15H14Cl2N2O2. The molecule has 0 bridgehead atoms. The van der Waals surface area contributed by atoms with E-state index in [1.54, 1.807) is 37.3 Å². The van der Waals surface area contributed by atoms with Gasteiger partial charge < -0.3 is 5.11 Å². The van der Waals surface area contributed by atoms with Gasteiger partial charge in [0.1, 0.15) is 5.69 Å². The number of Topliss-reactive ketones (excluding diaryl/α,β-unsaturated/α-hetero) is 1. The predicted molar refractivity (Wildman–Crippen MR) is 82.7 cm³/mol. The first-order valence-corrected chi connectivity index (χ1v) is 7.19. The molecule has 0 radical (unpaired) electrons. The van der Waals surface area contributed by atoms with E-state index in [9.17, 15) is 4.79 Å². The number of carbonyl (C=O) groups excluding carboxylic acids is 1. The minimum absolute atomic E-state index is 0.0162. The lowest BCUT2D eigenvalue weighted by atomic mass is 10.0. The van der Waals surface area contributed by atoms with Crippen molar-refractivity contribution in [2.24, 2.45) is 5.92 Å². The summed E-state index contributed by atoms with van der Waals surface area (Å²) in [5.74, 6) is -0.290. The zero-order chi connectivity index (χ0) is 15.4. The Morgan fingerprint density at radius 1 is 1.24 bits per heavy atom. The summed E-state index contributed by atoms with van der Waals surface area (Å²) in [5.41, 5.74) is 1.61. The topological polar surface area (TPSA) is 63.1 Å². The monoisotopic (exact) mass is 324 g/mol. The molecule has 1 aromatic carbocycles. The van der Waals surface area contributed by atoms with Crippen molar-refractivity contribution in [1.82, 2.24) is 9.97 Å². The highest BCUT2D eigenvalue weighted by molar-refractivity contribution is 6.30. The van der Waals surface area contributed by atoms with E-state index in [0.717, 1.165) is 5.56 Å². The number of carbonyl (C=O) groups is 1. The third-order valence-electron chi connectivity index (χ3n) is 2.97. The molecule has 4 nitrogen and oxygen atoms in total. The molecule has 1 aromatic heterocycles. The van der Waals surface area contributed by atoms with Gasteiger partial charge in [-0.3, -0.25) is 4.79 Å². The third-order valence-corrected chi connectivity index (χ3v) is 3.39. The molecule has 0 saturated heterocycles. The van der Waals surface area contributed by atoms with Crippen LogP contribution in [-0.2, 0) is 0 Å². The Kier molecular flexibility index (Phi) is 5.28. The van der Waals surface area contributed by atoms with Gasteiger partial charge >= 0.3 is 0 Å². The van der Waals surface area contributed by atoms with Gasteiger partial charge in [0.2, 0.25) is 5.28 Å². The van der Waals surface area contributed by atoms with Crippen LogP contribution in [0.3, 0.4) is 0 Å². The van der Waals surface area contributed by atoms with E-state index in [1.165, 1.54) is 0 Å². The van der Waals surface area contributed by atoms with Gasteiger partial charge in [-0.15, -0.1) is 0 Å². The molecule has 0 amide bonds. The lowest BCUT2D eigenvalue weighted by Crippen LogP contribution is -2.11. The van der Waals surface area contributed by atoms with E-state index >= 15 is 0 Å². The molecule has 0 unspecified atom stereocenters. The lowest BCUT2D eigenvalue weighted by molar-refractivity contribution is 0.0938. The molecule has 0 saturated carbocycles. The molecule has 0 fully saturated rings. The highest BCUT2D eigenvalue weighted by Crippen LogP contribution is 2.22. The van der Waals surface area contributed by atoms with Crippen LogP contribution in [0, 0.1) is 5.92 Å². The summed E-state index contributed by atoms with van der Waals surface area (Å²) in [7, 11) is 0. The number of aliphatic hydroxyl groups excluding tert-OH is 1. The Balaban J connectivity index is 2.33. The average Bonchev–Trinajstić information content (AvgIpc) is 2.47. The molecule has 0 spiro atoms. The summed E-state index contributed by atoms with van der Waals surface area (Å²) in [6, 6.07) is 8.67. The Morgan fingerprint density at radius 2 is 1.90 bits per heavy atom. The number of aromatic nitrogens is 2. The zero-order valence-corrected chi connectivity index (χ0v) is 12.9. The Hall–Kier alpha value is -1.49. The van der Waals surface area contributed by atoms with E-state index in [4.69, 9.17) is 28.3 Å². The van der Waals surface area contributed by atoms with Crippen molar-refractivity contribution in [3.63, 3.8) is 0 Å². The van der Waals surface area contributed by atoms with E-state index < -0.39 is 0 Å². The number of hydrogen-bond acceptors (Lipinski definition) is 4. The number of ketones is 1. The quantitative estimate of drug-likeness (QED) is 0.673. The minimum Gasteiger partial charge on any atom is -0.396 e. The molecule has 1 heterocycles. The van der Waals surface area contributed by atoms with E-state index in [1.807, 2.05) is 0 Å². The average molecular weight is 325 g/mol. The minimum atomic E-state index is -0.170. The standard InChI is InChI=1S/C15H14Cl2N2O2/c1-9(8-20)6-14(21)13-7-12(18-15(17)19-13)10-2-4-11(16)5-3-10/h2-5,7,9,20H,6,8H2,1H3/t9-/m1/s1. The van der Waals surface area contributed by atoms with Gasteiger partial charge in [0.25, 0.3) is 0 Å². The van der Waals surface area contributed by atoms with Gasteiger partial charge in [-0.05, 0) is 35.7 Å². The summed E-state index contributed by atoms with van der Waals surface area (Å²) in [5, 5.41) is 9.65. The summed E-state index contributed by atoms with van der Waals surface area (Å²) < 4.78 is 0. The van der Waals surface area contributed by atoms with Crippen molar-refractivity contribution < 1.29 is 9.90 Å². The fourth-order valence-corrected chi connectivity index (χ4v) is 2.12. The number of halogens is 2. The van der Waals surface area contributed by atoms with E-state index in [-0.39, 0.29) is 35.7 Å². The molecule has 2 rings (SSSR count). The van der Waals surface area contributed by atoms with Crippen molar-refractivity contribution in [2.75, 3.05) is 6.61 Å².